The highest BCUT2D eigenvalue weighted by atomic mass is 19.1. The minimum absolute atomic E-state index is 0.458. The van der Waals surface area contributed by atoms with Crippen molar-refractivity contribution in [3.8, 4) is 0 Å². The summed E-state index contributed by atoms with van der Waals surface area (Å²) in [6.45, 7) is 2.92. The minimum Gasteiger partial charge on any atom is -0.330 e. The van der Waals surface area contributed by atoms with E-state index >= 15 is 0 Å². The van der Waals surface area contributed by atoms with Gasteiger partial charge >= 0.3 is 0 Å². The lowest BCUT2D eigenvalue weighted by molar-refractivity contribution is 0.193. The van der Waals surface area contributed by atoms with Crippen molar-refractivity contribution in [1.29, 1.82) is 0 Å². The minimum atomic E-state index is -0.488. The second-order valence-corrected chi connectivity index (χ2v) is 5.66. The van der Waals surface area contributed by atoms with Crippen molar-refractivity contribution in [2.24, 2.45) is 23.5 Å². The molecule has 1 aliphatic rings. The number of benzene rings is 1. The number of rotatable bonds is 3. The Labute approximate surface area is 107 Å². The number of hydrogen-bond acceptors (Lipinski definition) is 1. The third-order valence-electron chi connectivity index (χ3n) is 4.13. The van der Waals surface area contributed by atoms with E-state index in [1.165, 1.54) is 18.6 Å². The van der Waals surface area contributed by atoms with Crippen molar-refractivity contribution in [3.05, 3.63) is 35.4 Å². The van der Waals surface area contributed by atoms with Crippen molar-refractivity contribution < 1.29 is 8.78 Å². The zero-order valence-corrected chi connectivity index (χ0v) is 10.8. The molecule has 0 bridgehead atoms. The van der Waals surface area contributed by atoms with Crippen molar-refractivity contribution in [1.82, 2.24) is 0 Å². The van der Waals surface area contributed by atoms with E-state index in [0.29, 0.717) is 24.3 Å². The predicted octanol–water partition coefficient (Wildman–Crippen LogP) is 3.52. The smallest absolute Gasteiger partial charge is 0.126 e. The molecule has 0 aromatic heterocycles. The molecular weight excluding hydrogens is 232 g/mol. The van der Waals surface area contributed by atoms with Crippen LogP contribution in [-0.4, -0.2) is 6.54 Å². The molecule has 3 heteroatoms. The first-order chi connectivity index (χ1) is 8.58. The van der Waals surface area contributed by atoms with E-state index in [9.17, 15) is 8.78 Å². The van der Waals surface area contributed by atoms with Gasteiger partial charge in [0.05, 0.1) is 0 Å². The summed E-state index contributed by atoms with van der Waals surface area (Å²) in [5, 5.41) is 0. The maximum atomic E-state index is 13.2. The van der Waals surface area contributed by atoms with Crippen LogP contribution in [0, 0.1) is 29.4 Å². The van der Waals surface area contributed by atoms with Crippen molar-refractivity contribution in [3.63, 3.8) is 0 Å². The van der Waals surface area contributed by atoms with Crippen LogP contribution in [0.15, 0.2) is 18.2 Å². The van der Waals surface area contributed by atoms with Gasteiger partial charge in [0, 0.05) is 6.07 Å². The molecule has 0 radical (unpaired) electrons. The maximum absolute atomic E-state index is 13.2. The predicted molar refractivity (Wildman–Crippen MR) is 69.1 cm³/mol. The van der Waals surface area contributed by atoms with Crippen LogP contribution in [0.25, 0.3) is 0 Å². The molecule has 1 nitrogen and oxygen atoms in total. The lowest BCUT2D eigenvalue weighted by Gasteiger charge is -2.34. The van der Waals surface area contributed by atoms with E-state index in [-0.39, 0.29) is 0 Å². The molecule has 0 saturated heterocycles. The van der Waals surface area contributed by atoms with Crippen LogP contribution in [0.2, 0.25) is 0 Å². The summed E-state index contributed by atoms with van der Waals surface area (Å²) < 4.78 is 26.3. The lowest BCUT2D eigenvalue weighted by Crippen LogP contribution is -2.31. The van der Waals surface area contributed by atoms with Gasteiger partial charge in [-0.25, -0.2) is 8.78 Å². The van der Waals surface area contributed by atoms with Crippen LogP contribution in [0.3, 0.4) is 0 Å². The van der Waals surface area contributed by atoms with Gasteiger partial charge in [0.25, 0.3) is 0 Å². The van der Waals surface area contributed by atoms with Gasteiger partial charge in [-0.15, -0.1) is 0 Å². The molecule has 100 valence electrons. The maximum Gasteiger partial charge on any atom is 0.126 e. The van der Waals surface area contributed by atoms with Crippen LogP contribution < -0.4 is 5.73 Å². The van der Waals surface area contributed by atoms with Gasteiger partial charge in [-0.1, -0.05) is 13.3 Å². The van der Waals surface area contributed by atoms with Crippen LogP contribution in [0.5, 0.6) is 0 Å². The molecule has 3 atom stereocenters. The summed E-state index contributed by atoms with van der Waals surface area (Å²) in [4.78, 5) is 0. The van der Waals surface area contributed by atoms with Gasteiger partial charge < -0.3 is 5.73 Å². The Balaban J connectivity index is 2.10. The Bertz CT molecular complexity index is 385. The van der Waals surface area contributed by atoms with Gasteiger partial charge in [-0.2, -0.15) is 0 Å². The van der Waals surface area contributed by atoms with E-state index in [0.717, 1.165) is 30.9 Å². The summed E-state index contributed by atoms with van der Waals surface area (Å²) in [5.74, 6) is 0.667. The van der Waals surface area contributed by atoms with Gasteiger partial charge in [0.2, 0.25) is 0 Å². The molecule has 2 rings (SSSR count). The SMILES string of the molecule is CC1CCC(CN)C(Cc2cc(F)cc(F)c2)C1. The first-order valence-corrected chi connectivity index (χ1v) is 6.73. The topological polar surface area (TPSA) is 26.0 Å². The molecule has 3 unspecified atom stereocenters. The van der Waals surface area contributed by atoms with Gasteiger partial charge in [0.1, 0.15) is 11.6 Å². The molecule has 0 heterocycles. The normalized spacial score (nSPS) is 28.3. The fourth-order valence-electron chi connectivity index (χ4n) is 3.15. The molecule has 0 aliphatic heterocycles. The van der Waals surface area contributed by atoms with Gasteiger partial charge in [0.15, 0.2) is 0 Å². The Morgan fingerprint density at radius 1 is 1.11 bits per heavy atom. The van der Waals surface area contributed by atoms with Crippen molar-refractivity contribution >= 4 is 0 Å². The molecule has 1 aromatic carbocycles. The summed E-state index contributed by atoms with van der Waals surface area (Å²) in [6.07, 6.45) is 4.21. The van der Waals surface area contributed by atoms with E-state index in [1.54, 1.807) is 0 Å². The summed E-state index contributed by atoms with van der Waals surface area (Å²) in [7, 11) is 0. The Kier molecular flexibility index (Phi) is 4.33. The Hall–Kier alpha value is -0.960. The third kappa shape index (κ3) is 3.29. The third-order valence-corrected chi connectivity index (χ3v) is 4.13. The monoisotopic (exact) mass is 253 g/mol. The average Bonchev–Trinajstić information content (AvgIpc) is 2.27. The standard InChI is InChI=1S/C15H21F2N/c1-10-2-3-12(9-18)13(4-10)5-11-6-14(16)8-15(17)7-11/h6-8,10,12-13H,2-5,9,18H2,1H3. The second-order valence-electron chi connectivity index (χ2n) is 5.66. The molecule has 1 saturated carbocycles. The van der Waals surface area contributed by atoms with E-state index in [2.05, 4.69) is 6.92 Å². The first kappa shape index (κ1) is 13.5. The number of halogens is 2. The zero-order valence-electron chi connectivity index (χ0n) is 10.8. The van der Waals surface area contributed by atoms with Crippen molar-refractivity contribution in [2.45, 2.75) is 32.6 Å². The molecule has 1 aromatic rings. The number of hydrogen-bond donors (Lipinski definition) is 1. The molecule has 2 N–H and O–H groups in total. The quantitative estimate of drug-likeness (QED) is 0.876. The molecular formula is C15H21F2N. The van der Waals surface area contributed by atoms with E-state index < -0.39 is 11.6 Å². The summed E-state index contributed by atoms with van der Waals surface area (Å²) >= 11 is 0. The summed E-state index contributed by atoms with van der Waals surface area (Å²) in [6, 6.07) is 3.80. The molecule has 18 heavy (non-hydrogen) atoms. The highest BCUT2D eigenvalue weighted by molar-refractivity contribution is 5.18. The highest BCUT2D eigenvalue weighted by Crippen LogP contribution is 2.35. The zero-order chi connectivity index (χ0) is 13.1. The van der Waals surface area contributed by atoms with Gasteiger partial charge in [-0.05, 0) is 61.3 Å². The largest absolute Gasteiger partial charge is 0.330 e. The van der Waals surface area contributed by atoms with Crippen molar-refractivity contribution in [2.75, 3.05) is 6.54 Å². The Morgan fingerprint density at radius 2 is 1.78 bits per heavy atom. The van der Waals surface area contributed by atoms with Crippen LogP contribution in [0.1, 0.15) is 31.7 Å². The van der Waals surface area contributed by atoms with Crippen LogP contribution in [0.4, 0.5) is 8.78 Å². The fraction of sp³-hybridized carbons (Fsp3) is 0.600. The molecule has 0 amide bonds. The Morgan fingerprint density at radius 3 is 2.39 bits per heavy atom. The fourth-order valence-corrected chi connectivity index (χ4v) is 3.15. The van der Waals surface area contributed by atoms with Crippen LogP contribution in [-0.2, 0) is 6.42 Å². The lowest BCUT2D eigenvalue weighted by atomic mass is 9.72. The average molecular weight is 253 g/mol. The van der Waals surface area contributed by atoms with E-state index in [4.69, 9.17) is 5.73 Å². The van der Waals surface area contributed by atoms with E-state index in [1.807, 2.05) is 0 Å². The number of nitrogens with two attached hydrogens (primary N) is 1. The molecule has 1 fully saturated rings. The second kappa shape index (κ2) is 5.79. The first-order valence-electron chi connectivity index (χ1n) is 6.73. The molecule has 1 aliphatic carbocycles. The van der Waals surface area contributed by atoms with Gasteiger partial charge in [-0.3, -0.25) is 0 Å². The molecule has 0 spiro atoms. The summed E-state index contributed by atoms with van der Waals surface area (Å²) in [5.41, 5.74) is 6.56. The van der Waals surface area contributed by atoms with Crippen LogP contribution >= 0.6 is 0 Å². The highest BCUT2D eigenvalue weighted by Gasteiger charge is 2.27.